The largest absolute Gasteiger partial charge is 0.492 e. The molecule has 0 unspecified atom stereocenters. The number of aryl methyl sites for hydroxylation is 1. The molecule has 1 saturated carbocycles. The van der Waals surface area contributed by atoms with Crippen LogP contribution >= 0.6 is 15.9 Å². The summed E-state index contributed by atoms with van der Waals surface area (Å²) >= 11 is 3.38. The number of rotatable bonds is 15. The first kappa shape index (κ1) is 38.6. The summed E-state index contributed by atoms with van der Waals surface area (Å²) in [6, 6.07) is 15.9. The molecule has 0 radical (unpaired) electrons. The highest BCUT2D eigenvalue weighted by Crippen LogP contribution is 2.37. The van der Waals surface area contributed by atoms with Crippen molar-refractivity contribution in [2.45, 2.75) is 83.3 Å². The van der Waals surface area contributed by atoms with Crippen molar-refractivity contribution < 1.29 is 37.4 Å². The SMILES string of the molecule is CC(C)(CCC(=O)N1C[C@H]2CC(c3ccc(CCCOc4cc(F)ccc4Br)cc3)=C(C(=O)N(CCc3cccc(F)c3F)C3CC3)[C@@H](C1)N2)C(=O)O. The number of nitrogens with one attached hydrogen (secondary N) is 1. The lowest BCUT2D eigenvalue weighted by Crippen LogP contribution is -2.62. The molecule has 3 aromatic rings. The summed E-state index contributed by atoms with van der Waals surface area (Å²) in [5.74, 6) is -3.03. The predicted octanol–water partition coefficient (Wildman–Crippen LogP) is 7.33. The molecule has 3 aliphatic rings. The van der Waals surface area contributed by atoms with E-state index in [0.29, 0.717) is 41.8 Å². The first-order valence-electron chi connectivity index (χ1n) is 18.2. The molecule has 0 aromatic heterocycles. The third-order valence-electron chi connectivity index (χ3n) is 10.5. The number of piperazine rings is 1. The van der Waals surface area contributed by atoms with Gasteiger partial charge in [-0.1, -0.05) is 36.4 Å². The minimum Gasteiger partial charge on any atom is -0.492 e. The Morgan fingerprint density at radius 1 is 1.02 bits per heavy atom. The molecular weight excluding hydrogens is 751 g/mol. The Balaban J connectivity index is 1.22. The van der Waals surface area contributed by atoms with Crippen molar-refractivity contribution in [2.75, 3.05) is 26.2 Å². The average Bonchev–Trinajstić information content (AvgIpc) is 3.97. The molecule has 53 heavy (non-hydrogen) atoms. The van der Waals surface area contributed by atoms with Crippen LogP contribution in [0.3, 0.4) is 0 Å². The fourth-order valence-electron chi connectivity index (χ4n) is 7.15. The Kier molecular flexibility index (Phi) is 12.0. The van der Waals surface area contributed by atoms with Crippen LogP contribution in [0.25, 0.3) is 5.57 Å². The fraction of sp³-hybridized carbons (Fsp3) is 0.439. The Morgan fingerprint density at radius 3 is 2.49 bits per heavy atom. The van der Waals surface area contributed by atoms with Crippen LogP contribution in [0.5, 0.6) is 5.75 Å². The quantitative estimate of drug-likeness (QED) is 0.157. The molecule has 2 heterocycles. The summed E-state index contributed by atoms with van der Waals surface area (Å²) in [6.07, 6.45) is 4.00. The number of ether oxygens (including phenoxy) is 1. The van der Waals surface area contributed by atoms with E-state index >= 15 is 0 Å². The van der Waals surface area contributed by atoms with E-state index in [-0.39, 0.29) is 67.6 Å². The van der Waals surface area contributed by atoms with Gasteiger partial charge in [0.05, 0.1) is 22.5 Å². The van der Waals surface area contributed by atoms with E-state index in [1.807, 2.05) is 24.3 Å². The Bertz CT molecular complexity index is 1880. The smallest absolute Gasteiger partial charge is 0.309 e. The standard InChI is InChI=1S/C41H45BrF3N3O5/c1-41(2,40(51)52)18-16-36(49)47-23-29-22-31(26-10-8-25(9-11-26)5-4-20-53-35-21-28(43)12-15-32(35)42)37(34(24-47)46-29)39(50)48(30-13-14-30)19-17-27-6-3-7-33(44)38(27)45/h3,6-12,15,21,29-30,34,46H,4-5,13-14,16-20,22-24H2,1-2H3,(H,51,52)/t29-,34-/m1/s1. The number of aliphatic carboxylic acids is 1. The Labute approximate surface area is 316 Å². The number of carboxylic acid groups (broad SMARTS) is 1. The maximum atomic E-state index is 14.7. The summed E-state index contributed by atoms with van der Waals surface area (Å²) in [7, 11) is 0. The van der Waals surface area contributed by atoms with Crippen LogP contribution in [0.1, 0.15) is 69.1 Å². The van der Waals surface area contributed by atoms with E-state index in [1.165, 1.54) is 24.3 Å². The number of carbonyl (C=O) groups is 3. The lowest BCUT2D eigenvalue weighted by Gasteiger charge is -2.45. The minimum atomic E-state index is -1.04. The predicted molar refractivity (Wildman–Crippen MR) is 199 cm³/mol. The molecule has 2 amide bonds. The Hall–Kier alpha value is -4.16. The number of carboxylic acids is 1. The van der Waals surface area contributed by atoms with Gasteiger partial charge in [-0.05, 0) is 115 Å². The molecule has 282 valence electrons. The normalized spacial score (nSPS) is 18.6. The lowest BCUT2D eigenvalue weighted by atomic mass is 9.82. The second-order valence-electron chi connectivity index (χ2n) is 14.9. The maximum absolute atomic E-state index is 14.7. The van der Waals surface area contributed by atoms with E-state index in [0.717, 1.165) is 42.0 Å². The molecule has 6 rings (SSSR count). The number of fused-ring (bicyclic) bond motifs is 2. The van der Waals surface area contributed by atoms with Crippen molar-refractivity contribution in [1.82, 2.24) is 15.1 Å². The van der Waals surface area contributed by atoms with E-state index in [4.69, 9.17) is 4.74 Å². The van der Waals surface area contributed by atoms with E-state index in [9.17, 15) is 32.7 Å². The highest BCUT2D eigenvalue weighted by atomic mass is 79.9. The summed E-state index contributed by atoms with van der Waals surface area (Å²) < 4.78 is 48.8. The van der Waals surface area contributed by atoms with Gasteiger partial charge in [0.15, 0.2) is 11.6 Å². The van der Waals surface area contributed by atoms with Crippen LogP contribution in [-0.2, 0) is 27.2 Å². The number of halogens is 4. The minimum absolute atomic E-state index is 0.0113. The summed E-state index contributed by atoms with van der Waals surface area (Å²) in [5, 5.41) is 13.2. The Morgan fingerprint density at radius 2 is 1.77 bits per heavy atom. The van der Waals surface area contributed by atoms with Crippen LogP contribution in [0.2, 0.25) is 0 Å². The molecule has 2 N–H and O–H groups in total. The van der Waals surface area contributed by atoms with Gasteiger partial charge in [-0.2, -0.15) is 0 Å². The van der Waals surface area contributed by atoms with Gasteiger partial charge in [0.1, 0.15) is 11.6 Å². The molecule has 8 nitrogen and oxygen atoms in total. The number of benzene rings is 3. The van der Waals surface area contributed by atoms with Gasteiger partial charge in [-0.15, -0.1) is 0 Å². The highest BCUT2D eigenvalue weighted by molar-refractivity contribution is 9.10. The van der Waals surface area contributed by atoms with Gasteiger partial charge >= 0.3 is 5.97 Å². The fourth-order valence-corrected chi connectivity index (χ4v) is 7.51. The molecule has 1 aliphatic carbocycles. The van der Waals surface area contributed by atoms with Crippen molar-refractivity contribution in [1.29, 1.82) is 0 Å². The van der Waals surface area contributed by atoms with Gasteiger partial charge in [0.2, 0.25) is 5.91 Å². The number of hydrogen-bond acceptors (Lipinski definition) is 5. The number of nitrogens with zero attached hydrogens (tertiary/aromatic N) is 2. The molecule has 2 aliphatic heterocycles. The first-order valence-corrected chi connectivity index (χ1v) is 19.0. The molecule has 2 fully saturated rings. The van der Waals surface area contributed by atoms with Crippen LogP contribution in [-0.4, -0.2) is 77.1 Å². The summed E-state index contributed by atoms with van der Waals surface area (Å²) in [6.45, 7) is 4.52. The maximum Gasteiger partial charge on any atom is 0.309 e. The van der Waals surface area contributed by atoms with Crippen LogP contribution in [0.4, 0.5) is 13.2 Å². The van der Waals surface area contributed by atoms with Crippen LogP contribution < -0.4 is 10.1 Å². The number of carbonyl (C=O) groups excluding carboxylic acids is 2. The van der Waals surface area contributed by atoms with Crippen LogP contribution in [0.15, 0.2) is 70.7 Å². The average molecular weight is 797 g/mol. The van der Waals surface area contributed by atoms with Crippen molar-refractivity contribution in [3.8, 4) is 5.75 Å². The van der Waals surface area contributed by atoms with Gasteiger partial charge in [0, 0.05) is 49.8 Å². The van der Waals surface area contributed by atoms with Gasteiger partial charge in [-0.3, -0.25) is 14.4 Å². The number of amides is 2. The second-order valence-corrected chi connectivity index (χ2v) is 15.8. The second kappa shape index (κ2) is 16.5. The molecule has 12 heteroatoms. The highest BCUT2D eigenvalue weighted by Gasteiger charge is 2.43. The lowest BCUT2D eigenvalue weighted by molar-refractivity contribution is -0.148. The summed E-state index contributed by atoms with van der Waals surface area (Å²) in [4.78, 5) is 43.4. The first-order chi connectivity index (χ1) is 25.3. The molecule has 2 bridgehead atoms. The zero-order valence-corrected chi connectivity index (χ0v) is 31.6. The van der Waals surface area contributed by atoms with Gasteiger partial charge < -0.3 is 25.0 Å². The summed E-state index contributed by atoms with van der Waals surface area (Å²) in [5.41, 5.74) is 2.62. The van der Waals surface area contributed by atoms with Crippen molar-refractivity contribution in [3.63, 3.8) is 0 Å². The zero-order valence-electron chi connectivity index (χ0n) is 30.0. The third kappa shape index (κ3) is 9.32. The molecule has 0 spiro atoms. The monoisotopic (exact) mass is 795 g/mol. The molecule has 1 saturated heterocycles. The molecule has 2 atom stereocenters. The van der Waals surface area contributed by atoms with Crippen LogP contribution in [0, 0.1) is 22.9 Å². The third-order valence-corrected chi connectivity index (χ3v) is 11.2. The molecular formula is C41H45BrF3N3O5. The van der Waals surface area contributed by atoms with Crippen molar-refractivity contribution in [3.05, 3.63) is 105 Å². The number of hydrogen-bond donors (Lipinski definition) is 2. The van der Waals surface area contributed by atoms with E-state index in [1.54, 1.807) is 29.7 Å². The van der Waals surface area contributed by atoms with Gasteiger partial charge in [0.25, 0.3) is 5.91 Å². The van der Waals surface area contributed by atoms with Crippen molar-refractivity contribution >= 4 is 39.3 Å². The van der Waals surface area contributed by atoms with Gasteiger partial charge in [-0.25, -0.2) is 13.2 Å². The van der Waals surface area contributed by atoms with Crippen molar-refractivity contribution in [2.24, 2.45) is 5.41 Å². The van der Waals surface area contributed by atoms with E-state index in [2.05, 4.69) is 21.2 Å². The zero-order chi connectivity index (χ0) is 37.9. The van der Waals surface area contributed by atoms with E-state index < -0.39 is 29.1 Å². The topological polar surface area (TPSA) is 99.2 Å². The molecule has 3 aromatic carbocycles.